The van der Waals surface area contributed by atoms with Crippen LogP contribution in [0.4, 0.5) is 10.2 Å². The van der Waals surface area contributed by atoms with E-state index in [9.17, 15) is 24.2 Å². The molecule has 1 saturated heterocycles. The number of β-amino-alcohol motifs (C(OH)–C–C–N with tert-alkyl or cyclic N) is 1. The maximum atomic E-state index is 14.8. The van der Waals surface area contributed by atoms with Gasteiger partial charge in [0.1, 0.15) is 5.82 Å². The molecular weight excluding hydrogens is 413 g/mol. The van der Waals surface area contributed by atoms with E-state index < -0.39 is 29.7 Å². The molecule has 0 unspecified atom stereocenters. The number of hydrogen-bond donors (Lipinski definition) is 2. The average molecular weight is 432 g/mol. The number of benzene rings is 2. The van der Waals surface area contributed by atoms with Crippen molar-refractivity contribution in [2.75, 3.05) is 18.0 Å². The molecule has 9 heteroatoms. The van der Waals surface area contributed by atoms with Crippen molar-refractivity contribution >= 4 is 40.2 Å². The predicted molar refractivity (Wildman–Crippen MR) is 110 cm³/mol. The van der Waals surface area contributed by atoms with E-state index in [0.717, 1.165) is 4.68 Å². The highest BCUT2D eigenvalue weighted by molar-refractivity contribution is 6.34. The molecule has 0 amide bonds. The molecule has 0 radical (unpaired) electrons. The Bertz CT molecular complexity index is 1140. The van der Waals surface area contributed by atoms with Gasteiger partial charge in [-0.15, -0.1) is 5.10 Å². The molecule has 156 valence electrons. The summed E-state index contributed by atoms with van der Waals surface area (Å²) in [5.74, 6) is -2.85. The summed E-state index contributed by atoms with van der Waals surface area (Å²) in [5, 5.41) is 24.2. The van der Waals surface area contributed by atoms with Crippen LogP contribution in [0, 0.1) is 18.7 Å². The van der Waals surface area contributed by atoms with Gasteiger partial charge in [-0.05, 0) is 37.1 Å². The van der Waals surface area contributed by atoms with Crippen LogP contribution in [0.5, 0.6) is 0 Å². The monoisotopic (exact) mass is 431 g/mol. The lowest BCUT2D eigenvalue weighted by Crippen LogP contribution is -2.47. The molecule has 0 saturated carbocycles. The highest BCUT2D eigenvalue weighted by atomic mass is 35.5. The fourth-order valence-corrected chi connectivity index (χ4v) is 4.21. The number of aliphatic carboxylic acids is 1. The number of aliphatic hydroxyl groups excluding tert-OH is 1. The van der Waals surface area contributed by atoms with Crippen molar-refractivity contribution in [3.63, 3.8) is 0 Å². The lowest BCUT2D eigenvalue weighted by atomic mass is 9.94. The third-order valence-corrected chi connectivity index (χ3v) is 5.78. The first-order chi connectivity index (χ1) is 14.3. The van der Waals surface area contributed by atoms with Gasteiger partial charge in [-0.3, -0.25) is 9.59 Å². The Kier molecular flexibility index (Phi) is 5.21. The molecule has 2 heterocycles. The van der Waals surface area contributed by atoms with Gasteiger partial charge in [0.2, 0.25) is 0 Å². The molecule has 2 N–H and O–H groups in total. The first kappa shape index (κ1) is 20.3. The second-order valence-corrected chi connectivity index (χ2v) is 7.76. The zero-order valence-electron chi connectivity index (χ0n) is 16.0. The number of carbonyl (C=O) groups is 2. The minimum atomic E-state index is -1.13. The molecule has 0 spiro atoms. The quantitative estimate of drug-likeness (QED) is 0.661. The summed E-state index contributed by atoms with van der Waals surface area (Å²) in [6, 6.07) is 9.41. The van der Waals surface area contributed by atoms with Crippen molar-refractivity contribution in [2.45, 2.75) is 19.4 Å². The number of halogens is 2. The molecule has 2 aromatic carbocycles. The number of anilines is 1. The molecule has 1 aliphatic heterocycles. The molecule has 2 atom stereocenters. The van der Waals surface area contributed by atoms with E-state index in [4.69, 9.17) is 11.6 Å². The van der Waals surface area contributed by atoms with Crippen molar-refractivity contribution in [1.29, 1.82) is 0 Å². The number of rotatable bonds is 3. The van der Waals surface area contributed by atoms with Crippen molar-refractivity contribution < 1.29 is 24.2 Å². The fraction of sp³-hybridized carbons (Fsp3) is 0.286. The molecule has 0 aliphatic carbocycles. The second kappa shape index (κ2) is 7.70. The smallest absolute Gasteiger partial charge is 0.309 e. The van der Waals surface area contributed by atoms with E-state index in [2.05, 4.69) is 5.10 Å². The van der Waals surface area contributed by atoms with Gasteiger partial charge in [0.05, 0.1) is 33.5 Å². The molecule has 1 fully saturated rings. The number of carboxylic acid groups (broad SMARTS) is 1. The zero-order chi connectivity index (χ0) is 21.6. The number of carbonyl (C=O) groups excluding carboxylic acids is 1. The number of piperidine rings is 1. The van der Waals surface area contributed by atoms with Gasteiger partial charge < -0.3 is 15.1 Å². The molecule has 0 bridgehead atoms. The topological polar surface area (TPSA) is 95.7 Å². The van der Waals surface area contributed by atoms with Gasteiger partial charge in [-0.25, -0.2) is 4.39 Å². The van der Waals surface area contributed by atoms with Crippen LogP contribution in [-0.2, 0) is 4.79 Å². The molecule has 3 aromatic rings. The Hall–Kier alpha value is -2.97. The normalized spacial score (nSPS) is 19.3. The number of fused-ring (bicyclic) bond motifs is 1. The minimum Gasteiger partial charge on any atom is -0.481 e. The van der Waals surface area contributed by atoms with Crippen LogP contribution in [0.3, 0.4) is 0 Å². The van der Waals surface area contributed by atoms with Crippen molar-refractivity contribution in [3.8, 4) is 0 Å². The number of aromatic nitrogens is 2. The summed E-state index contributed by atoms with van der Waals surface area (Å²) in [4.78, 5) is 26.1. The van der Waals surface area contributed by atoms with Crippen LogP contribution in [0.15, 0.2) is 36.4 Å². The maximum absolute atomic E-state index is 14.8. The summed E-state index contributed by atoms with van der Waals surface area (Å²) in [7, 11) is 0. The fourth-order valence-electron chi connectivity index (χ4n) is 3.91. The predicted octanol–water partition coefficient (Wildman–Crippen LogP) is 3.10. The Morgan fingerprint density at radius 1 is 1.23 bits per heavy atom. The Labute approximate surface area is 176 Å². The van der Waals surface area contributed by atoms with Gasteiger partial charge >= 0.3 is 5.97 Å². The number of aryl methyl sites for hydroxylation is 1. The van der Waals surface area contributed by atoms with Crippen molar-refractivity contribution in [3.05, 3.63) is 58.4 Å². The van der Waals surface area contributed by atoms with Crippen LogP contribution in [0.2, 0.25) is 5.02 Å². The van der Waals surface area contributed by atoms with E-state index in [1.54, 1.807) is 36.1 Å². The first-order valence-electron chi connectivity index (χ1n) is 9.42. The summed E-state index contributed by atoms with van der Waals surface area (Å²) < 4.78 is 15.9. The van der Waals surface area contributed by atoms with Crippen molar-refractivity contribution in [1.82, 2.24) is 9.78 Å². The lowest BCUT2D eigenvalue weighted by molar-refractivity contribution is -0.146. The largest absolute Gasteiger partial charge is 0.481 e. The molecule has 30 heavy (non-hydrogen) atoms. The number of nitrogens with zero attached hydrogens (tertiary/aromatic N) is 3. The first-order valence-corrected chi connectivity index (χ1v) is 9.80. The molecule has 1 aliphatic rings. The Morgan fingerprint density at radius 3 is 2.63 bits per heavy atom. The van der Waals surface area contributed by atoms with E-state index in [1.807, 2.05) is 0 Å². The highest BCUT2D eigenvalue weighted by Gasteiger charge is 2.35. The number of hydrogen-bond acceptors (Lipinski definition) is 5. The maximum Gasteiger partial charge on any atom is 0.309 e. The minimum absolute atomic E-state index is 0.0310. The number of aliphatic hydroxyl groups is 1. The van der Waals surface area contributed by atoms with E-state index in [1.165, 1.54) is 12.1 Å². The number of carboxylic acids is 1. The summed E-state index contributed by atoms with van der Waals surface area (Å²) in [6.07, 6.45) is -0.957. The SMILES string of the molecule is Cc1cccc(Cl)c1C(=O)n1nc(N2CC[C@@H](C(=O)O)[C@H](O)C2)c2c(F)cccc21. The van der Waals surface area contributed by atoms with E-state index in [0.29, 0.717) is 5.56 Å². The highest BCUT2D eigenvalue weighted by Crippen LogP contribution is 2.33. The molecular formula is C21H19ClFN3O4. The molecule has 1 aromatic heterocycles. The molecule has 7 nitrogen and oxygen atoms in total. The van der Waals surface area contributed by atoms with Crippen LogP contribution in [0.25, 0.3) is 10.9 Å². The van der Waals surface area contributed by atoms with Crippen LogP contribution in [0.1, 0.15) is 22.3 Å². The zero-order valence-corrected chi connectivity index (χ0v) is 16.8. The average Bonchev–Trinajstić information content (AvgIpc) is 3.08. The summed E-state index contributed by atoms with van der Waals surface area (Å²) >= 11 is 6.24. The van der Waals surface area contributed by atoms with Crippen molar-refractivity contribution in [2.24, 2.45) is 5.92 Å². The van der Waals surface area contributed by atoms with Gasteiger partial charge in [0.15, 0.2) is 5.82 Å². The van der Waals surface area contributed by atoms with E-state index >= 15 is 0 Å². The van der Waals surface area contributed by atoms with Crippen LogP contribution in [-0.4, -0.2) is 51.1 Å². The standard InChI is InChI=1S/C21H19ClFN3O4/c1-11-4-2-5-13(22)17(11)20(28)26-15-7-3-6-14(23)18(15)19(24-26)25-9-8-12(21(29)30)16(27)10-25/h2-7,12,16,27H,8-10H2,1H3,(H,29,30)/t12-,16-/m1/s1. The summed E-state index contributed by atoms with van der Waals surface area (Å²) in [5.41, 5.74) is 1.19. The molecule has 4 rings (SSSR count). The Morgan fingerprint density at radius 2 is 1.97 bits per heavy atom. The van der Waals surface area contributed by atoms with Gasteiger partial charge in [-0.1, -0.05) is 29.8 Å². The second-order valence-electron chi connectivity index (χ2n) is 7.35. The van der Waals surface area contributed by atoms with Crippen LogP contribution < -0.4 is 4.90 Å². The van der Waals surface area contributed by atoms with Gasteiger partial charge in [0, 0.05) is 13.1 Å². The van der Waals surface area contributed by atoms with Gasteiger partial charge in [0.25, 0.3) is 5.91 Å². The summed E-state index contributed by atoms with van der Waals surface area (Å²) in [6.45, 7) is 1.98. The van der Waals surface area contributed by atoms with Crippen LogP contribution >= 0.6 is 11.6 Å². The lowest BCUT2D eigenvalue weighted by Gasteiger charge is -2.34. The Balaban J connectivity index is 1.82. The van der Waals surface area contributed by atoms with E-state index in [-0.39, 0.29) is 46.8 Å². The van der Waals surface area contributed by atoms with Gasteiger partial charge in [-0.2, -0.15) is 4.68 Å². The third kappa shape index (κ3) is 3.32. The third-order valence-electron chi connectivity index (χ3n) is 5.46.